The summed E-state index contributed by atoms with van der Waals surface area (Å²) in [6.45, 7) is 5.91. The molecule has 0 amide bonds. The largest absolute Gasteiger partial charge is 0.396 e. The van der Waals surface area contributed by atoms with Crippen molar-refractivity contribution in [2.24, 2.45) is 10.4 Å². The van der Waals surface area contributed by atoms with Crippen molar-refractivity contribution in [3.05, 3.63) is 48.3 Å². The molecule has 1 aliphatic rings. The predicted octanol–water partition coefficient (Wildman–Crippen LogP) is 2.38. The van der Waals surface area contributed by atoms with E-state index in [1.165, 1.54) is 5.56 Å². The van der Waals surface area contributed by atoms with Gasteiger partial charge in [-0.05, 0) is 43.9 Å². The molecule has 160 valence electrons. The maximum Gasteiger partial charge on any atom is 0.191 e. The molecule has 1 aliphatic heterocycles. The molecule has 0 spiro atoms. The van der Waals surface area contributed by atoms with Crippen molar-refractivity contribution in [2.45, 2.75) is 26.2 Å². The lowest BCUT2D eigenvalue weighted by atomic mass is 9.84. The van der Waals surface area contributed by atoms with Crippen LogP contribution in [0, 0.1) is 5.41 Å². The summed E-state index contributed by atoms with van der Waals surface area (Å²) in [4.78, 5) is 4.75. The van der Waals surface area contributed by atoms with Gasteiger partial charge in [-0.25, -0.2) is 4.68 Å². The smallest absolute Gasteiger partial charge is 0.191 e. The van der Waals surface area contributed by atoms with Gasteiger partial charge in [-0.1, -0.05) is 18.2 Å². The zero-order chi connectivity index (χ0) is 19.7. The van der Waals surface area contributed by atoms with Gasteiger partial charge in [0.05, 0.1) is 25.0 Å². The van der Waals surface area contributed by atoms with Crippen LogP contribution in [0.1, 0.15) is 25.3 Å². The number of guanidine groups is 1. The number of para-hydroxylation sites is 1. The van der Waals surface area contributed by atoms with E-state index in [-0.39, 0.29) is 36.0 Å². The fraction of sp³-hybridized carbons (Fsp3) is 0.524. The first-order valence-electron chi connectivity index (χ1n) is 10.0. The Morgan fingerprint density at radius 2 is 2.14 bits per heavy atom. The quantitative estimate of drug-likeness (QED) is 0.273. The highest BCUT2D eigenvalue weighted by atomic mass is 127. The molecule has 7 nitrogen and oxygen atoms in total. The summed E-state index contributed by atoms with van der Waals surface area (Å²) in [5.41, 5.74) is 2.20. The summed E-state index contributed by atoms with van der Waals surface area (Å²) in [6, 6.07) is 10.1. The fourth-order valence-corrected chi connectivity index (χ4v) is 3.41. The average Bonchev–Trinajstić information content (AvgIpc) is 3.37. The van der Waals surface area contributed by atoms with Crippen molar-refractivity contribution in [3.63, 3.8) is 0 Å². The Balaban J connectivity index is 0.00000300. The third-order valence-electron chi connectivity index (χ3n) is 5.11. The fourth-order valence-electron chi connectivity index (χ4n) is 3.41. The van der Waals surface area contributed by atoms with Crippen LogP contribution in [-0.4, -0.2) is 60.3 Å². The normalized spacial score (nSPS) is 19.0. The number of nitrogens with one attached hydrogen (secondary N) is 2. The van der Waals surface area contributed by atoms with E-state index in [2.05, 4.69) is 28.9 Å². The monoisotopic (exact) mass is 513 g/mol. The Bertz CT molecular complexity index is 745. The number of aliphatic imine (C=N–C) groups is 1. The molecule has 2 aromatic rings. The SMILES string of the molecule is CCNC(=NCC1(CCO)CCOC1)NCCc1cnn(-c2ccccc2)c1.I. The van der Waals surface area contributed by atoms with Crippen molar-refractivity contribution >= 4 is 29.9 Å². The first-order chi connectivity index (χ1) is 13.7. The average molecular weight is 513 g/mol. The Hall–Kier alpha value is -1.65. The third-order valence-corrected chi connectivity index (χ3v) is 5.11. The van der Waals surface area contributed by atoms with Crippen LogP contribution in [0.25, 0.3) is 5.69 Å². The molecule has 1 saturated heterocycles. The molecule has 29 heavy (non-hydrogen) atoms. The molecule has 3 rings (SSSR count). The minimum absolute atomic E-state index is 0. The Labute approximate surface area is 190 Å². The van der Waals surface area contributed by atoms with Gasteiger partial charge in [0.15, 0.2) is 5.96 Å². The van der Waals surface area contributed by atoms with E-state index in [4.69, 9.17) is 9.73 Å². The van der Waals surface area contributed by atoms with Gasteiger partial charge in [-0.15, -0.1) is 24.0 Å². The van der Waals surface area contributed by atoms with E-state index < -0.39 is 0 Å². The second-order valence-electron chi connectivity index (χ2n) is 7.28. The number of hydrogen-bond acceptors (Lipinski definition) is 4. The second-order valence-corrected chi connectivity index (χ2v) is 7.28. The number of aromatic nitrogens is 2. The van der Waals surface area contributed by atoms with Gasteiger partial charge in [-0.2, -0.15) is 5.10 Å². The highest BCUT2D eigenvalue weighted by Gasteiger charge is 2.34. The molecule has 2 heterocycles. The van der Waals surface area contributed by atoms with Crippen LogP contribution in [0.5, 0.6) is 0 Å². The molecular weight excluding hydrogens is 481 g/mol. The second kappa shape index (κ2) is 12.1. The highest BCUT2D eigenvalue weighted by Crippen LogP contribution is 2.32. The minimum atomic E-state index is -0.0338. The van der Waals surface area contributed by atoms with Gasteiger partial charge in [0, 0.05) is 37.9 Å². The number of aliphatic hydroxyl groups excluding tert-OH is 1. The molecule has 1 aromatic heterocycles. The van der Waals surface area contributed by atoms with Crippen molar-refractivity contribution in [1.82, 2.24) is 20.4 Å². The summed E-state index contributed by atoms with van der Waals surface area (Å²) < 4.78 is 7.45. The van der Waals surface area contributed by atoms with Crippen molar-refractivity contribution in [3.8, 4) is 5.69 Å². The lowest BCUT2D eigenvalue weighted by Crippen LogP contribution is -2.39. The predicted molar refractivity (Wildman–Crippen MR) is 126 cm³/mol. The number of benzene rings is 1. The van der Waals surface area contributed by atoms with Gasteiger partial charge in [-0.3, -0.25) is 4.99 Å². The lowest BCUT2D eigenvalue weighted by Gasteiger charge is -2.24. The molecule has 1 atom stereocenters. The molecular formula is C21H32IN5O2. The van der Waals surface area contributed by atoms with Crippen LogP contribution in [-0.2, 0) is 11.2 Å². The van der Waals surface area contributed by atoms with E-state index >= 15 is 0 Å². The van der Waals surface area contributed by atoms with Gasteiger partial charge < -0.3 is 20.5 Å². The number of aliphatic hydroxyl groups is 1. The van der Waals surface area contributed by atoms with Crippen LogP contribution in [0.15, 0.2) is 47.7 Å². The van der Waals surface area contributed by atoms with Crippen molar-refractivity contribution in [2.75, 3.05) is 39.5 Å². The Kier molecular flexibility index (Phi) is 9.89. The van der Waals surface area contributed by atoms with Gasteiger partial charge in [0.1, 0.15) is 0 Å². The summed E-state index contributed by atoms with van der Waals surface area (Å²) in [5.74, 6) is 0.808. The minimum Gasteiger partial charge on any atom is -0.396 e. The molecule has 1 fully saturated rings. The summed E-state index contributed by atoms with van der Waals surface area (Å²) in [5, 5.41) is 20.5. The third kappa shape index (κ3) is 6.97. The van der Waals surface area contributed by atoms with Crippen LogP contribution in [0.4, 0.5) is 0 Å². The molecule has 1 unspecified atom stereocenters. The molecule has 8 heteroatoms. The first-order valence-corrected chi connectivity index (χ1v) is 10.0. The van der Waals surface area contributed by atoms with Crippen LogP contribution in [0.2, 0.25) is 0 Å². The van der Waals surface area contributed by atoms with Crippen molar-refractivity contribution in [1.29, 1.82) is 0 Å². The molecule has 0 bridgehead atoms. The van der Waals surface area contributed by atoms with Gasteiger partial charge >= 0.3 is 0 Å². The first kappa shape index (κ1) is 23.6. The Morgan fingerprint density at radius 1 is 1.31 bits per heavy atom. The van der Waals surface area contributed by atoms with Gasteiger partial charge in [0.2, 0.25) is 0 Å². The number of ether oxygens (including phenoxy) is 1. The highest BCUT2D eigenvalue weighted by molar-refractivity contribution is 14.0. The molecule has 0 aliphatic carbocycles. The van der Waals surface area contributed by atoms with Crippen LogP contribution >= 0.6 is 24.0 Å². The number of hydrogen-bond donors (Lipinski definition) is 3. The van der Waals surface area contributed by atoms with E-state index in [1.54, 1.807) is 0 Å². The summed E-state index contributed by atoms with van der Waals surface area (Å²) >= 11 is 0. The maximum absolute atomic E-state index is 9.37. The topological polar surface area (TPSA) is 83.7 Å². The molecule has 0 saturated carbocycles. The molecule has 1 aromatic carbocycles. The zero-order valence-electron chi connectivity index (χ0n) is 17.0. The zero-order valence-corrected chi connectivity index (χ0v) is 19.3. The van der Waals surface area contributed by atoms with E-state index in [0.29, 0.717) is 13.2 Å². The summed E-state index contributed by atoms with van der Waals surface area (Å²) in [7, 11) is 0. The number of rotatable bonds is 9. The van der Waals surface area contributed by atoms with Crippen LogP contribution < -0.4 is 10.6 Å². The van der Waals surface area contributed by atoms with E-state index in [1.807, 2.05) is 41.2 Å². The van der Waals surface area contributed by atoms with Crippen LogP contribution in [0.3, 0.4) is 0 Å². The summed E-state index contributed by atoms with van der Waals surface area (Å²) in [6.07, 6.45) is 6.52. The maximum atomic E-state index is 9.37. The van der Waals surface area contributed by atoms with E-state index in [0.717, 1.165) is 50.6 Å². The van der Waals surface area contributed by atoms with Crippen molar-refractivity contribution < 1.29 is 9.84 Å². The molecule has 3 N–H and O–H groups in total. The number of nitrogens with zero attached hydrogens (tertiary/aromatic N) is 3. The lowest BCUT2D eigenvalue weighted by molar-refractivity contribution is 0.131. The standard InChI is InChI=1S/C21H31N5O2.HI/c1-2-22-20(24-16-21(9-12-27)10-13-28-17-21)23-11-8-18-14-25-26(15-18)19-6-4-3-5-7-19;/h3-7,14-15,27H,2,8-13,16-17H2,1H3,(H2,22,23,24);1H. The Morgan fingerprint density at radius 3 is 2.83 bits per heavy atom. The van der Waals surface area contributed by atoms with E-state index in [9.17, 15) is 5.11 Å². The molecule has 0 radical (unpaired) electrons. The number of halogens is 1. The van der Waals surface area contributed by atoms with Gasteiger partial charge in [0.25, 0.3) is 0 Å².